The number of amides is 2. The van der Waals surface area contributed by atoms with Crippen molar-refractivity contribution in [3.8, 4) is 6.19 Å². The summed E-state index contributed by atoms with van der Waals surface area (Å²) in [6, 6.07) is 9.10. The normalized spacial score (nSPS) is 22.9. The van der Waals surface area contributed by atoms with Crippen molar-refractivity contribution < 1.29 is 19.4 Å². The van der Waals surface area contributed by atoms with Crippen LogP contribution in [-0.2, 0) is 19.7 Å². The van der Waals surface area contributed by atoms with Gasteiger partial charge in [0.05, 0.1) is 12.1 Å². The average molecular weight is 520 g/mol. The topological polar surface area (TPSA) is 119 Å². The lowest BCUT2D eigenvalue weighted by Gasteiger charge is -2.35. The molecule has 0 bridgehead atoms. The van der Waals surface area contributed by atoms with Crippen LogP contribution in [0.25, 0.3) is 0 Å². The first-order chi connectivity index (χ1) is 18.0. The van der Waals surface area contributed by atoms with Crippen LogP contribution in [-0.4, -0.2) is 64.2 Å². The Morgan fingerprint density at radius 2 is 1.92 bits per heavy atom. The minimum Gasteiger partial charge on any atom is -0.388 e. The number of carbonyl (C=O) groups excluding carboxylic acids is 2. The Morgan fingerprint density at radius 1 is 1.24 bits per heavy atom. The molecule has 9 nitrogen and oxygen atoms in total. The molecule has 2 N–H and O–H groups in total. The molecule has 2 aliphatic heterocycles. The molecular formula is C29H37N5O4. The molecule has 2 aliphatic rings. The highest BCUT2D eigenvalue weighted by Gasteiger charge is 2.47. The zero-order valence-corrected chi connectivity index (χ0v) is 22.6. The quantitative estimate of drug-likeness (QED) is 0.563. The second-order valence-corrected chi connectivity index (χ2v) is 11.5. The number of carbonyl (C=O) groups is 2. The zero-order chi connectivity index (χ0) is 27.5. The summed E-state index contributed by atoms with van der Waals surface area (Å²) in [6.07, 6.45) is 6.72. The number of nitrogens with zero attached hydrogens (tertiary/aromatic N) is 4. The number of rotatable bonds is 6. The second-order valence-electron chi connectivity index (χ2n) is 11.5. The lowest BCUT2D eigenvalue weighted by molar-refractivity contribution is -0.129. The second kappa shape index (κ2) is 11.1. The van der Waals surface area contributed by atoms with Gasteiger partial charge in [0.25, 0.3) is 5.91 Å². The summed E-state index contributed by atoms with van der Waals surface area (Å²) in [5.41, 5.74) is 0.868. The van der Waals surface area contributed by atoms with Crippen LogP contribution in [0.4, 0.5) is 5.69 Å². The third-order valence-electron chi connectivity index (χ3n) is 7.26. The lowest BCUT2D eigenvalue weighted by Crippen LogP contribution is -2.52. The average Bonchev–Trinajstić information content (AvgIpc) is 3.22. The molecule has 1 aromatic carbocycles. The fraction of sp³-hybridized carbons (Fsp3) is 0.517. The van der Waals surface area contributed by atoms with Gasteiger partial charge in [0.2, 0.25) is 5.91 Å². The summed E-state index contributed by atoms with van der Waals surface area (Å²) in [5, 5.41) is 23.6. The summed E-state index contributed by atoms with van der Waals surface area (Å²) < 4.78 is 5.45. The standard InChI is InChI=1S/C29H37N5O4/c1-28(2,3)21-7-9-23(10-8-21)34(27(36)24-16-29(4,37)18-33(24)19-30)25(20-6-5-13-31-17-20)26(35)32-22-11-14-38-15-12-22/h5-10,13,17,22,24-25,37H,11-12,14-16,18H2,1-4H3,(H,32,35). The van der Waals surface area contributed by atoms with E-state index in [4.69, 9.17) is 4.74 Å². The van der Waals surface area contributed by atoms with E-state index in [1.165, 1.54) is 9.80 Å². The van der Waals surface area contributed by atoms with Crippen LogP contribution in [0.5, 0.6) is 0 Å². The van der Waals surface area contributed by atoms with Crippen LogP contribution in [0, 0.1) is 11.5 Å². The van der Waals surface area contributed by atoms with E-state index < -0.39 is 23.6 Å². The van der Waals surface area contributed by atoms with Crippen LogP contribution in [0.15, 0.2) is 48.8 Å². The maximum absolute atomic E-state index is 14.3. The smallest absolute Gasteiger partial charge is 0.251 e. The fourth-order valence-corrected chi connectivity index (χ4v) is 5.16. The van der Waals surface area contributed by atoms with Crippen molar-refractivity contribution >= 4 is 17.5 Å². The van der Waals surface area contributed by atoms with Crippen molar-refractivity contribution in [1.29, 1.82) is 5.26 Å². The molecule has 3 unspecified atom stereocenters. The summed E-state index contributed by atoms with van der Waals surface area (Å²) in [5.74, 6) is -0.754. The molecule has 4 rings (SSSR count). The molecule has 2 saturated heterocycles. The Balaban J connectivity index is 1.80. The Bertz CT molecular complexity index is 1160. The van der Waals surface area contributed by atoms with Crippen molar-refractivity contribution in [1.82, 2.24) is 15.2 Å². The van der Waals surface area contributed by atoms with E-state index in [0.717, 1.165) is 5.56 Å². The minimum absolute atomic E-state index is 0.0442. The highest BCUT2D eigenvalue weighted by atomic mass is 16.5. The molecule has 38 heavy (non-hydrogen) atoms. The number of β-amino-alcohol motifs (C(OH)–C–C–N with tert-alkyl or cyclic N) is 1. The van der Waals surface area contributed by atoms with Gasteiger partial charge in [-0.1, -0.05) is 39.0 Å². The fourth-order valence-electron chi connectivity index (χ4n) is 5.16. The van der Waals surface area contributed by atoms with E-state index in [2.05, 4.69) is 37.3 Å². The number of likely N-dealkylation sites (tertiary alicyclic amines) is 1. The first-order valence-corrected chi connectivity index (χ1v) is 13.1. The number of nitrogens with one attached hydrogen (secondary N) is 1. The number of nitriles is 1. The minimum atomic E-state index is -1.20. The maximum Gasteiger partial charge on any atom is 0.251 e. The van der Waals surface area contributed by atoms with Crippen molar-refractivity contribution in [2.75, 3.05) is 24.7 Å². The number of hydrogen-bond acceptors (Lipinski definition) is 7. The number of aromatic nitrogens is 1. The number of aliphatic hydroxyl groups is 1. The van der Waals surface area contributed by atoms with E-state index in [9.17, 15) is 20.0 Å². The Morgan fingerprint density at radius 3 is 2.50 bits per heavy atom. The van der Waals surface area contributed by atoms with E-state index in [1.807, 2.05) is 24.3 Å². The van der Waals surface area contributed by atoms with Crippen LogP contribution >= 0.6 is 0 Å². The number of anilines is 1. The van der Waals surface area contributed by atoms with E-state index in [0.29, 0.717) is 37.3 Å². The van der Waals surface area contributed by atoms with Gasteiger partial charge in [-0.25, -0.2) is 0 Å². The molecule has 0 radical (unpaired) electrons. The van der Waals surface area contributed by atoms with Gasteiger partial charge in [-0.3, -0.25) is 24.4 Å². The van der Waals surface area contributed by atoms with E-state index in [-0.39, 0.29) is 30.3 Å². The van der Waals surface area contributed by atoms with Crippen molar-refractivity contribution in [3.05, 3.63) is 59.9 Å². The van der Waals surface area contributed by atoms with Crippen molar-refractivity contribution in [2.24, 2.45) is 0 Å². The molecule has 3 atom stereocenters. The summed E-state index contributed by atoms with van der Waals surface area (Å²) >= 11 is 0. The number of ether oxygens (including phenoxy) is 1. The van der Waals surface area contributed by atoms with Gasteiger partial charge in [-0.15, -0.1) is 0 Å². The number of hydrogen-bond donors (Lipinski definition) is 2. The van der Waals surface area contributed by atoms with Crippen LogP contribution < -0.4 is 10.2 Å². The van der Waals surface area contributed by atoms with Crippen LogP contribution in [0.2, 0.25) is 0 Å². The van der Waals surface area contributed by atoms with Gasteiger partial charge in [-0.05, 0) is 48.9 Å². The van der Waals surface area contributed by atoms with Gasteiger partial charge in [0.1, 0.15) is 12.1 Å². The third-order valence-corrected chi connectivity index (χ3v) is 7.26. The molecule has 2 aromatic rings. The number of benzene rings is 1. The summed E-state index contributed by atoms with van der Waals surface area (Å²) in [4.78, 5) is 35.2. The monoisotopic (exact) mass is 519 g/mol. The zero-order valence-electron chi connectivity index (χ0n) is 22.6. The van der Waals surface area contributed by atoms with E-state index in [1.54, 1.807) is 31.5 Å². The first kappa shape index (κ1) is 27.6. The summed E-state index contributed by atoms with van der Waals surface area (Å²) in [6.45, 7) is 9.11. The molecule has 9 heteroatoms. The molecular weight excluding hydrogens is 482 g/mol. The molecule has 1 aromatic heterocycles. The maximum atomic E-state index is 14.3. The molecule has 0 spiro atoms. The number of pyridine rings is 1. The Labute approximate surface area is 224 Å². The molecule has 0 saturated carbocycles. The van der Waals surface area contributed by atoms with Crippen molar-refractivity contribution in [3.63, 3.8) is 0 Å². The molecule has 202 valence electrons. The van der Waals surface area contributed by atoms with Gasteiger partial charge >= 0.3 is 0 Å². The van der Waals surface area contributed by atoms with Crippen molar-refractivity contribution in [2.45, 2.75) is 76.1 Å². The predicted molar refractivity (Wildman–Crippen MR) is 143 cm³/mol. The Kier molecular flexibility index (Phi) is 8.05. The predicted octanol–water partition coefficient (Wildman–Crippen LogP) is 3.05. The highest BCUT2D eigenvalue weighted by Crippen LogP contribution is 2.35. The van der Waals surface area contributed by atoms with Gasteiger partial charge < -0.3 is 15.2 Å². The van der Waals surface area contributed by atoms with Crippen LogP contribution in [0.3, 0.4) is 0 Å². The van der Waals surface area contributed by atoms with Gasteiger partial charge in [0.15, 0.2) is 6.19 Å². The van der Waals surface area contributed by atoms with Gasteiger partial charge in [-0.2, -0.15) is 5.26 Å². The highest BCUT2D eigenvalue weighted by molar-refractivity contribution is 6.04. The van der Waals surface area contributed by atoms with Crippen LogP contribution in [0.1, 0.15) is 64.1 Å². The van der Waals surface area contributed by atoms with Gasteiger partial charge in [0, 0.05) is 49.3 Å². The molecule has 0 aliphatic carbocycles. The van der Waals surface area contributed by atoms with E-state index >= 15 is 0 Å². The lowest BCUT2D eigenvalue weighted by atomic mass is 9.87. The third kappa shape index (κ3) is 6.14. The Hall–Kier alpha value is -3.48. The SMILES string of the molecule is CC1(O)CC(C(=O)N(c2ccc(C(C)(C)C)cc2)C(C(=O)NC2CCOCC2)c2cccnc2)N(C#N)C1. The molecule has 2 amide bonds. The summed E-state index contributed by atoms with van der Waals surface area (Å²) in [7, 11) is 0. The largest absolute Gasteiger partial charge is 0.388 e. The molecule has 2 fully saturated rings. The first-order valence-electron chi connectivity index (χ1n) is 13.1. The molecule has 3 heterocycles.